The maximum Gasteiger partial charge on any atom is 0.513 e. The van der Waals surface area contributed by atoms with Gasteiger partial charge in [0.2, 0.25) is 6.29 Å². The van der Waals surface area contributed by atoms with E-state index >= 15 is 0 Å². The van der Waals surface area contributed by atoms with Gasteiger partial charge in [-0.05, 0) is 43.2 Å². The molecule has 0 bridgehead atoms. The molecule has 2 unspecified atom stereocenters. The molecule has 31 heavy (non-hydrogen) atoms. The standard InChI is InChI=1S/C18H21NO10P2/c1-3-26-17(20)27-15-9-12(2)6-7-14(15)16-28-30(22,23)18(21,31(24,25)29-16)10-13-5-4-8-19-11-13/h4-9,11,16,21H,3,10H2,1-2H3,(H,22,23)(H,24,25). The molecule has 3 N–H and O–H groups in total. The molecule has 2 atom stereocenters. The van der Waals surface area contributed by atoms with E-state index in [0.29, 0.717) is 5.56 Å². The van der Waals surface area contributed by atoms with Gasteiger partial charge < -0.3 is 24.4 Å². The third kappa shape index (κ3) is 4.73. The quantitative estimate of drug-likeness (QED) is 0.332. The van der Waals surface area contributed by atoms with Crippen molar-refractivity contribution in [3.8, 4) is 5.75 Å². The molecule has 2 heterocycles. The maximum atomic E-state index is 12.9. The summed E-state index contributed by atoms with van der Waals surface area (Å²) in [6.07, 6.45) is -0.981. The second-order valence-electron chi connectivity index (χ2n) is 6.72. The summed E-state index contributed by atoms with van der Waals surface area (Å²) in [6, 6.07) is 7.20. The van der Waals surface area contributed by atoms with Crippen molar-refractivity contribution in [2.45, 2.75) is 31.6 Å². The van der Waals surface area contributed by atoms with Crippen molar-refractivity contribution in [2.75, 3.05) is 6.61 Å². The molecule has 1 aliphatic heterocycles. The molecule has 2 aromatic rings. The summed E-state index contributed by atoms with van der Waals surface area (Å²) in [5.41, 5.74) is 0.734. The highest BCUT2D eigenvalue weighted by atomic mass is 31.2. The van der Waals surface area contributed by atoms with E-state index in [1.165, 1.54) is 36.7 Å². The third-order valence-electron chi connectivity index (χ3n) is 4.42. The Hall–Kier alpha value is -2.10. The normalized spacial score (nSPS) is 30.5. The van der Waals surface area contributed by atoms with Crippen LogP contribution in [0, 0.1) is 6.92 Å². The molecule has 11 nitrogen and oxygen atoms in total. The van der Waals surface area contributed by atoms with Gasteiger partial charge in [0.1, 0.15) is 5.75 Å². The highest BCUT2D eigenvalue weighted by Crippen LogP contribution is 2.79. The maximum absolute atomic E-state index is 12.9. The van der Waals surface area contributed by atoms with E-state index < -0.39 is 39.1 Å². The van der Waals surface area contributed by atoms with Crippen LogP contribution in [0.4, 0.5) is 4.79 Å². The lowest BCUT2D eigenvalue weighted by molar-refractivity contribution is -0.0588. The Bertz CT molecular complexity index is 1030. The largest absolute Gasteiger partial charge is 0.513 e. The number of hydrogen-bond acceptors (Lipinski definition) is 9. The van der Waals surface area contributed by atoms with E-state index in [0.717, 1.165) is 0 Å². The first kappa shape index (κ1) is 23.6. The Morgan fingerprint density at radius 1 is 1.23 bits per heavy atom. The van der Waals surface area contributed by atoms with Crippen LogP contribution in [0.3, 0.4) is 0 Å². The Morgan fingerprint density at radius 2 is 1.90 bits per heavy atom. The van der Waals surface area contributed by atoms with Gasteiger partial charge >= 0.3 is 21.3 Å². The van der Waals surface area contributed by atoms with Crippen molar-refractivity contribution in [3.05, 3.63) is 59.4 Å². The number of hydrogen-bond donors (Lipinski definition) is 3. The number of carbonyl (C=O) groups is 1. The molecule has 0 spiro atoms. The van der Waals surface area contributed by atoms with E-state index in [9.17, 15) is 28.8 Å². The van der Waals surface area contributed by atoms with Gasteiger partial charge in [-0.2, -0.15) is 0 Å². The number of aromatic nitrogens is 1. The number of rotatable bonds is 5. The Morgan fingerprint density at radius 3 is 2.48 bits per heavy atom. The first-order valence-electron chi connectivity index (χ1n) is 9.08. The summed E-state index contributed by atoms with van der Waals surface area (Å²) in [6.45, 7) is 3.29. The fraction of sp³-hybridized carbons (Fsp3) is 0.333. The van der Waals surface area contributed by atoms with Gasteiger partial charge in [-0.3, -0.25) is 23.2 Å². The molecule has 0 amide bonds. The average Bonchev–Trinajstić information content (AvgIpc) is 2.67. The number of aliphatic hydroxyl groups is 1. The monoisotopic (exact) mass is 473 g/mol. The molecule has 1 fully saturated rings. The van der Waals surface area contributed by atoms with Crippen molar-refractivity contribution in [3.63, 3.8) is 0 Å². The van der Waals surface area contributed by atoms with Crippen LogP contribution in [0.5, 0.6) is 5.75 Å². The lowest BCUT2D eigenvalue weighted by Gasteiger charge is -2.41. The summed E-state index contributed by atoms with van der Waals surface area (Å²) < 4.78 is 45.7. The third-order valence-corrected chi connectivity index (χ3v) is 9.02. The summed E-state index contributed by atoms with van der Waals surface area (Å²) in [4.78, 5) is 36.4. The molecule has 1 saturated heterocycles. The fourth-order valence-electron chi connectivity index (χ4n) is 2.86. The fourth-order valence-corrected chi connectivity index (χ4v) is 6.42. The molecule has 1 aromatic carbocycles. The molecular weight excluding hydrogens is 452 g/mol. The molecule has 1 aliphatic rings. The zero-order valence-corrected chi connectivity index (χ0v) is 18.4. The van der Waals surface area contributed by atoms with E-state index in [2.05, 4.69) is 4.98 Å². The minimum absolute atomic E-state index is 0.0372. The van der Waals surface area contributed by atoms with Crippen LogP contribution in [0.25, 0.3) is 0 Å². The SMILES string of the molecule is CCOC(=O)Oc1cc(C)ccc1C1OP(=O)(O)C(O)(Cc2cccnc2)P(=O)(O)O1. The summed E-state index contributed by atoms with van der Waals surface area (Å²) >= 11 is 0. The van der Waals surface area contributed by atoms with Gasteiger partial charge in [-0.25, -0.2) is 4.79 Å². The van der Waals surface area contributed by atoms with Gasteiger partial charge in [-0.15, -0.1) is 0 Å². The molecule has 1 aromatic heterocycles. The minimum atomic E-state index is -5.18. The van der Waals surface area contributed by atoms with Crippen LogP contribution in [0.1, 0.15) is 29.9 Å². The highest BCUT2D eigenvalue weighted by molar-refractivity contribution is 7.73. The minimum Gasteiger partial charge on any atom is -0.434 e. The van der Waals surface area contributed by atoms with Gasteiger partial charge in [0.05, 0.1) is 12.2 Å². The van der Waals surface area contributed by atoms with Crippen LogP contribution in [0.15, 0.2) is 42.7 Å². The zero-order chi connectivity index (χ0) is 22.9. The molecule has 13 heteroatoms. The Kier molecular flexibility index (Phi) is 6.69. The van der Waals surface area contributed by atoms with Gasteiger partial charge in [0, 0.05) is 18.8 Å². The van der Waals surface area contributed by atoms with Crippen LogP contribution < -0.4 is 4.74 Å². The second kappa shape index (κ2) is 8.80. The molecule has 168 valence electrons. The van der Waals surface area contributed by atoms with Gasteiger partial charge in [0.15, 0.2) is 0 Å². The predicted octanol–water partition coefficient (Wildman–Crippen LogP) is 3.23. The highest BCUT2D eigenvalue weighted by Gasteiger charge is 2.67. The predicted molar refractivity (Wildman–Crippen MR) is 106 cm³/mol. The number of ether oxygens (including phenoxy) is 2. The van der Waals surface area contributed by atoms with E-state index in [1.807, 2.05) is 0 Å². The molecule has 0 radical (unpaired) electrons. The first-order valence-corrected chi connectivity index (χ1v) is 12.2. The van der Waals surface area contributed by atoms with Gasteiger partial charge in [0.25, 0.3) is 5.08 Å². The van der Waals surface area contributed by atoms with Crippen LogP contribution in [-0.4, -0.2) is 37.7 Å². The number of carbonyl (C=O) groups excluding carboxylic acids is 1. The van der Waals surface area contributed by atoms with Crippen LogP contribution >= 0.6 is 15.2 Å². The van der Waals surface area contributed by atoms with Gasteiger partial charge in [-0.1, -0.05) is 12.1 Å². The van der Waals surface area contributed by atoms with Crippen molar-refractivity contribution < 1.29 is 47.3 Å². The van der Waals surface area contributed by atoms with Crippen molar-refractivity contribution in [1.29, 1.82) is 0 Å². The second-order valence-corrected chi connectivity index (χ2v) is 11.1. The Labute approximate surface area is 177 Å². The van der Waals surface area contributed by atoms with Crippen LogP contribution in [0.2, 0.25) is 0 Å². The molecular formula is C18H21NO10P2. The zero-order valence-electron chi connectivity index (χ0n) is 16.6. The number of pyridine rings is 1. The van der Waals surface area contributed by atoms with Crippen molar-refractivity contribution >= 4 is 21.3 Å². The lowest BCUT2D eigenvalue weighted by atomic mass is 10.1. The lowest BCUT2D eigenvalue weighted by Crippen LogP contribution is -2.38. The molecule has 0 saturated carbocycles. The topological polar surface area (TPSA) is 162 Å². The number of aryl methyl sites for hydroxylation is 1. The van der Waals surface area contributed by atoms with Crippen LogP contribution in [-0.2, 0) is 29.3 Å². The average molecular weight is 473 g/mol. The molecule has 3 rings (SSSR count). The van der Waals surface area contributed by atoms with Crippen molar-refractivity contribution in [2.24, 2.45) is 0 Å². The molecule has 0 aliphatic carbocycles. The van der Waals surface area contributed by atoms with E-state index in [4.69, 9.17) is 18.5 Å². The first-order chi connectivity index (χ1) is 14.5. The summed E-state index contributed by atoms with van der Waals surface area (Å²) in [7, 11) is -10.4. The number of nitrogens with zero attached hydrogens (tertiary/aromatic N) is 1. The number of benzene rings is 1. The summed E-state index contributed by atoms with van der Waals surface area (Å²) in [5.74, 6) is -0.166. The van der Waals surface area contributed by atoms with E-state index in [1.54, 1.807) is 19.9 Å². The Balaban J connectivity index is 1.97. The smallest absolute Gasteiger partial charge is 0.434 e. The van der Waals surface area contributed by atoms with Crippen molar-refractivity contribution in [1.82, 2.24) is 4.98 Å². The van der Waals surface area contributed by atoms with E-state index in [-0.39, 0.29) is 23.5 Å². The summed E-state index contributed by atoms with van der Waals surface area (Å²) in [5, 5.41) is 7.63.